The first-order valence-electron chi connectivity index (χ1n) is 9.65. The Balaban J connectivity index is 1.41. The third-order valence-electron chi connectivity index (χ3n) is 5.82. The summed E-state index contributed by atoms with van der Waals surface area (Å²) < 4.78 is 107. The van der Waals surface area contributed by atoms with E-state index in [2.05, 4.69) is 27.3 Å². The Morgan fingerprint density at radius 1 is 1.20 bits per heavy atom. The van der Waals surface area contributed by atoms with Crippen molar-refractivity contribution >= 4 is 89.8 Å². The first kappa shape index (κ1) is 27.8. The molecule has 1 aromatic rings. The number of esters is 2. The maximum Gasteiger partial charge on any atom is 0.431 e. The lowest BCUT2D eigenvalue weighted by molar-refractivity contribution is -0.187. The van der Waals surface area contributed by atoms with Crippen molar-refractivity contribution in [1.82, 2.24) is 0 Å². The highest BCUT2D eigenvalue weighted by Crippen LogP contribution is 2.52. The minimum Gasteiger partial charge on any atom is -0.465 e. The molecular weight excluding hydrogens is 849 g/mol. The molecule has 4 rings (SSSR count). The lowest BCUT2D eigenvalue weighted by Crippen LogP contribution is -2.54. The van der Waals surface area contributed by atoms with Crippen LogP contribution in [0, 0.1) is 16.6 Å². The van der Waals surface area contributed by atoms with Crippen LogP contribution in [0.1, 0.15) is 29.6 Å². The molecule has 3 aliphatic heterocycles. The van der Waals surface area contributed by atoms with E-state index < -0.39 is 70.2 Å². The van der Waals surface area contributed by atoms with Crippen molar-refractivity contribution in [3.8, 4) is 5.75 Å². The monoisotopic (exact) mass is 862 g/mol. The van der Waals surface area contributed by atoms with Crippen molar-refractivity contribution < 1.29 is 59.1 Å². The van der Waals surface area contributed by atoms with Gasteiger partial charge in [0.1, 0.15) is 11.7 Å². The Hall–Kier alpha value is -0.260. The van der Waals surface area contributed by atoms with E-state index in [1.807, 2.05) is 51.2 Å². The van der Waals surface area contributed by atoms with E-state index in [4.69, 9.17) is 18.8 Å². The Morgan fingerprint density at radius 2 is 1.86 bits per heavy atom. The third-order valence-corrected chi connectivity index (χ3v) is 10.6. The highest BCUT2D eigenvalue weighted by molar-refractivity contribution is 14.1. The average Bonchev–Trinajstić information content (AvgIpc) is 3.28. The number of rotatable bonds is 6. The largest absolute Gasteiger partial charge is 0.465 e. The molecule has 1 aromatic carbocycles. The van der Waals surface area contributed by atoms with Gasteiger partial charge in [0, 0.05) is 7.14 Å². The van der Waals surface area contributed by atoms with E-state index in [1.165, 1.54) is 0 Å². The Morgan fingerprint density at radius 3 is 2.43 bits per heavy atom. The second kappa shape index (κ2) is 9.19. The second-order valence-electron chi connectivity index (χ2n) is 7.99. The summed E-state index contributed by atoms with van der Waals surface area (Å²) in [4.78, 5) is 25.2. The quantitative estimate of drug-likeness (QED) is 0.149. The maximum absolute atomic E-state index is 13.6. The van der Waals surface area contributed by atoms with Gasteiger partial charge in [-0.3, -0.25) is 9.35 Å². The number of carbonyl (C=O) groups excluding carboxylic acids is 2. The van der Waals surface area contributed by atoms with Gasteiger partial charge < -0.3 is 18.9 Å². The number of fused-ring (bicyclic) bond motifs is 4. The summed E-state index contributed by atoms with van der Waals surface area (Å²) in [5.41, 5.74) is 0.272. The van der Waals surface area contributed by atoms with Crippen LogP contribution in [0.5, 0.6) is 5.75 Å². The lowest BCUT2D eigenvalue weighted by Gasteiger charge is -2.40. The number of benzene rings is 1. The number of carbonyl (C=O) groups is 2. The Kier molecular flexibility index (Phi) is 7.29. The molecule has 0 saturated carbocycles. The number of halogens is 7. The summed E-state index contributed by atoms with van der Waals surface area (Å²) in [6, 6.07) is 1.82. The molecule has 0 aromatic heterocycles. The van der Waals surface area contributed by atoms with Crippen LogP contribution >= 0.6 is 67.8 Å². The second-order valence-corrected chi connectivity index (χ2v) is 12.9. The summed E-state index contributed by atoms with van der Waals surface area (Å²) >= 11 is 6.10. The summed E-state index contributed by atoms with van der Waals surface area (Å²) in [6.07, 6.45) is -3.69. The number of hydrogen-bond acceptors (Lipinski definition) is 8. The number of hydrogen-bond donors (Lipinski definition) is 1. The van der Waals surface area contributed by atoms with Crippen LogP contribution < -0.4 is 4.74 Å². The fourth-order valence-corrected chi connectivity index (χ4v) is 7.04. The summed E-state index contributed by atoms with van der Waals surface area (Å²) in [7, 11) is -6.38. The fourth-order valence-electron chi connectivity index (χ4n) is 4.08. The Labute approximate surface area is 236 Å². The van der Waals surface area contributed by atoms with Gasteiger partial charge in [0.25, 0.3) is 5.79 Å². The van der Waals surface area contributed by atoms with E-state index in [0.717, 1.165) is 3.57 Å². The van der Waals surface area contributed by atoms with Crippen LogP contribution in [-0.2, 0) is 29.1 Å². The molecule has 2 fully saturated rings. The molecule has 2 bridgehead atoms. The normalized spacial score (nSPS) is 28.0. The summed E-state index contributed by atoms with van der Waals surface area (Å²) in [6.45, 7) is -1.23. The predicted molar refractivity (Wildman–Crippen MR) is 132 cm³/mol. The van der Waals surface area contributed by atoms with Gasteiger partial charge >= 0.3 is 33.2 Å². The van der Waals surface area contributed by atoms with Gasteiger partial charge in [-0.1, -0.05) is 0 Å². The van der Waals surface area contributed by atoms with Gasteiger partial charge in [-0.15, -0.1) is 0 Å². The van der Waals surface area contributed by atoms with Crippen LogP contribution in [0.2, 0.25) is 0 Å². The highest BCUT2D eigenvalue weighted by atomic mass is 127. The first-order valence-corrected chi connectivity index (χ1v) is 14.3. The van der Waals surface area contributed by atoms with Gasteiger partial charge in [0.05, 0.1) is 35.0 Å². The van der Waals surface area contributed by atoms with Crippen LogP contribution in [0.15, 0.2) is 6.07 Å². The molecule has 9 nitrogen and oxygen atoms in total. The van der Waals surface area contributed by atoms with Gasteiger partial charge in [0.15, 0.2) is 5.75 Å². The summed E-state index contributed by atoms with van der Waals surface area (Å²) in [5.74, 6) is -8.97. The van der Waals surface area contributed by atoms with E-state index in [-0.39, 0.29) is 18.4 Å². The molecule has 4 atom stereocenters. The SMILES string of the molecule is O=C1OC2(CC3OC2CC3C(=O)OCCC(F)(F)C(F)(F)S(=O)(=O)O)Oc2c(I)cc(I)c(I)c21. The predicted octanol–water partition coefficient (Wildman–Crippen LogP) is 3.97. The third kappa shape index (κ3) is 4.62. The standard InChI is InChI=1S/C18H13F4I3O9S/c19-17(20,18(21,22)35(28,29)30)1-2-31-14(26)6-3-10-16(5-9(6)32-10)33-13-8(24)4-7(23)12(25)11(13)15(27)34-16/h4,6,9-10H,1-3,5H2,(H,28,29,30). The molecule has 0 amide bonds. The van der Waals surface area contributed by atoms with Crippen LogP contribution in [0.25, 0.3) is 0 Å². The average molecular weight is 862 g/mol. The van der Waals surface area contributed by atoms with Crippen molar-refractivity contribution in [1.29, 1.82) is 0 Å². The zero-order valence-corrected chi connectivity index (χ0v) is 24.2. The molecule has 1 spiro atoms. The molecule has 194 valence electrons. The molecular formula is C18H13F4I3O9S. The molecule has 35 heavy (non-hydrogen) atoms. The zero-order chi connectivity index (χ0) is 26.1. The minimum absolute atomic E-state index is 0.0538. The van der Waals surface area contributed by atoms with E-state index in [1.54, 1.807) is 0 Å². The van der Waals surface area contributed by atoms with E-state index in [0.29, 0.717) is 12.9 Å². The van der Waals surface area contributed by atoms with Gasteiger partial charge in [-0.25, -0.2) is 4.79 Å². The topological polar surface area (TPSA) is 125 Å². The molecule has 3 aliphatic rings. The smallest absolute Gasteiger partial charge is 0.431 e. The molecule has 3 heterocycles. The highest BCUT2D eigenvalue weighted by Gasteiger charge is 2.66. The van der Waals surface area contributed by atoms with E-state index >= 15 is 0 Å². The lowest BCUT2D eigenvalue weighted by atomic mass is 9.84. The van der Waals surface area contributed by atoms with Crippen molar-refractivity contribution in [2.24, 2.45) is 5.92 Å². The van der Waals surface area contributed by atoms with Crippen LogP contribution in [0.4, 0.5) is 17.6 Å². The zero-order valence-electron chi connectivity index (χ0n) is 16.9. The fraction of sp³-hybridized carbons (Fsp3) is 0.556. The molecule has 0 aliphatic carbocycles. The molecule has 0 radical (unpaired) electrons. The molecule has 2 saturated heterocycles. The Bertz CT molecular complexity index is 1210. The number of ether oxygens (including phenoxy) is 4. The van der Waals surface area contributed by atoms with Crippen LogP contribution in [-0.4, -0.2) is 60.7 Å². The van der Waals surface area contributed by atoms with Crippen molar-refractivity contribution in [2.45, 2.75) is 48.4 Å². The first-order chi connectivity index (χ1) is 16.0. The summed E-state index contributed by atoms with van der Waals surface area (Å²) in [5, 5.41) is -5.75. The van der Waals surface area contributed by atoms with Crippen molar-refractivity contribution in [3.63, 3.8) is 0 Å². The molecule has 17 heteroatoms. The maximum atomic E-state index is 13.6. The van der Waals surface area contributed by atoms with Crippen molar-refractivity contribution in [3.05, 3.63) is 22.3 Å². The minimum atomic E-state index is -6.38. The van der Waals surface area contributed by atoms with E-state index in [9.17, 15) is 35.6 Å². The van der Waals surface area contributed by atoms with Gasteiger partial charge in [0.2, 0.25) is 0 Å². The molecule has 1 N–H and O–H groups in total. The van der Waals surface area contributed by atoms with Gasteiger partial charge in [-0.2, -0.15) is 26.0 Å². The van der Waals surface area contributed by atoms with Crippen LogP contribution in [0.3, 0.4) is 0 Å². The number of alkyl halides is 4. The molecule has 4 unspecified atom stereocenters. The van der Waals surface area contributed by atoms with Gasteiger partial charge in [-0.05, 0) is 80.3 Å². The van der Waals surface area contributed by atoms with Crippen molar-refractivity contribution in [2.75, 3.05) is 6.61 Å².